The molecule has 3 heteroatoms. The summed E-state index contributed by atoms with van der Waals surface area (Å²) >= 11 is 0. The van der Waals surface area contributed by atoms with E-state index in [4.69, 9.17) is 0 Å². The van der Waals surface area contributed by atoms with Crippen molar-refractivity contribution in [2.75, 3.05) is 0 Å². The van der Waals surface area contributed by atoms with Crippen molar-refractivity contribution in [2.45, 2.75) is 39.8 Å². The lowest BCUT2D eigenvalue weighted by atomic mass is 10.2. The van der Waals surface area contributed by atoms with Gasteiger partial charge in [0.2, 0.25) is 0 Å². The maximum Gasteiger partial charge on any atom is 0.195 e. The monoisotopic (exact) mass is 189 g/mol. The van der Waals surface area contributed by atoms with Crippen LogP contribution in [-0.4, -0.2) is 22.9 Å². The molecule has 0 bridgehead atoms. The fraction of sp³-hybridized carbons (Fsp3) is 0.667. The summed E-state index contributed by atoms with van der Waals surface area (Å²) in [6.07, 6.45) is 6.07. The van der Waals surface area contributed by atoms with Crippen molar-refractivity contribution in [1.82, 2.24) is 0 Å². The molecular formula is C9H18ClN2+. The van der Waals surface area contributed by atoms with Crippen LogP contribution in [-0.2, 0) is 0 Å². The van der Waals surface area contributed by atoms with Gasteiger partial charge >= 0.3 is 0 Å². The van der Waals surface area contributed by atoms with Crippen LogP contribution in [0.4, 0.5) is 0 Å². The first kappa shape index (κ1) is 11.7. The van der Waals surface area contributed by atoms with Crippen LogP contribution in [0.3, 0.4) is 0 Å². The second kappa shape index (κ2) is 4.06. The molecule has 0 unspecified atom stereocenters. The van der Waals surface area contributed by atoms with Crippen LogP contribution in [0.5, 0.6) is 0 Å². The molecule has 0 aromatic heterocycles. The topological polar surface area (TPSA) is 12.4 Å². The Morgan fingerprint density at radius 1 is 1.08 bits per heavy atom. The summed E-state index contributed by atoms with van der Waals surface area (Å²) < 4.78 is 0.889. The van der Waals surface area contributed by atoms with Gasteiger partial charge in [0, 0.05) is 0 Å². The van der Waals surface area contributed by atoms with Crippen molar-refractivity contribution in [3.8, 4) is 0 Å². The van der Waals surface area contributed by atoms with Gasteiger partial charge in [0.05, 0.1) is 18.3 Å². The van der Waals surface area contributed by atoms with Crippen molar-refractivity contribution in [1.29, 1.82) is 0 Å². The van der Waals surface area contributed by atoms with Gasteiger partial charge < -0.3 is 0 Å². The van der Waals surface area contributed by atoms with E-state index < -0.39 is 0 Å². The van der Waals surface area contributed by atoms with Gasteiger partial charge in [0.1, 0.15) is 6.20 Å². The Morgan fingerprint density at radius 2 is 1.58 bits per heavy atom. The van der Waals surface area contributed by atoms with Gasteiger partial charge in [-0.1, -0.05) is 0 Å². The molecule has 0 N–H and O–H groups in total. The van der Waals surface area contributed by atoms with Crippen molar-refractivity contribution >= 4 is 18.7 Å². The van der Waals surface area contributed by atoms with E-state index >= 15 is 0 Å². The van der Waals surface area contributed by atoms with Crippen LogP contribution in [0.15, 0.2) is 17.4 Å². The van der Waals surface area contributed by atoms with Gasteiger partial charge in [-0.25, -0.2) is 9.48 Å². The average Bonchev–Trinajstić information content (AvgIpc) is 2.34. The van der Waals surface area contributed by atoms with Crippen molar-refractivity contribution in [3.05, 3.63) is 12.4 Å². The number of halogens is 1. The van der Waals surface area contributed by atoms with Crippen LogP contribution in [0, 0.1) is 0 Å². The third-order valence-corrected chi connectivity index (χ3v) is 2.47. The van der Waals surface area contributed by atoms with E-state index in [2.05, 4.69) is 38.9 Å². The van der Waals surface area contributed by atoms with E-state index in [0.717, 1.165) is 4.48 Å². The van der Waals surface area contributed by atoms with E-state index in [1.807, 2.05) is 12.5 Å². The molecule has 0 atom stereocenters. The molecule has 0 aromatic rings. The molecule has 2 nitrogen and oxygen atoms in total. The molecule has 0 fully saturated rings. The fourth-order valence-electron chi connectivity index (χ4n) is 1.55. The van der Waals surface area contributed by atoms with Gasteiger partial charge in [-0.15, -0.1) is 12.4 Å². The highest BCUT2D eigenvalue weighted by atomic mass is 35.5. The van der Waals surface area contributed by atoms with E-state index in [-0.39, 0.29) is 12.4 Å². The van der Waals surface area contributed by atoms with Crippen molar-refractivity contribution < 1.29 is 4.48 Å². The largest absolute Gasteiger partial charge is 0.250 e. The highest BCUT2D eigenvalue weighted by Crippen LogP contribution is 2.21. The number of nitrogens with zero attached hydrogens (tertiary/aromatic N) is 2. The summed E-state index contributed by atoms with van der Waals surface area (Å²) in [5, 5.41) is 0. The van der Waals surface area contributed by atoms with E-state index in [1.54, 1.807) is 0 Å². The first-order valence-corrected chi connectivity index (χ1v) is 4.19. The highest BCUT2D eigenvalue weighted by Gasteiger charge is 2.33. The maximum atomic E-state index is 4.15. The lowest BCUT2D eigenvalue weighted by Gasteiger charge is -2.35. The first-order valence-electron chi connectivity index (χ1n) is 4.19. The lowest BCUT2D eigenvalue weighted by molar-refractivity contribution is -0.826. The van der Waals surface area contributed by atoms with Crippen LogP contribution < -0.4 is 0 Å². The summed E-state index contributed by atoms with van der Waals surface area (Å²) in [6, 6.07) is 1.16. The Balaban J connectivity index is 0.00000121. The molecule has 1 rings (SSSR count). The van der Waals surface area contributed by atoms with E-state index in [9.17, 15) is 0 Å². The van der Waals surface area contributed by atoms with Gasteiger partial charge in [0.25, 0.3) is 0 Å². The number of aliphatic imine (C=N–C) groups is 1. The van der Waals surface area contributed by atoms with Crippen LogP contribution in [0.2, 0.25) is 0 Å². The summed E-state index contributed by atoms with van der Waals surface area (Å²) in [4.78, 5) is 4.15. The zero-order chi connectivity index (χ0) is 8.48. The minimum Gasteiger partial charge on any atom is -0.250 e. The first-order chi connectivity index (χ1) is 5.09. The molecule has 0 spiro atoms. The summed E-state index contributed by atoms with van der Waals surface area (Å²) in [5.41, 5.74) is 0. The van der Waals surface area contributed by atoms with Crippen molar-refractivity contribution in [2.24, 2.45) is 4.99 Å². The molecule has 1 aliphatic rings. The molecule has 0 amide bonds. The molecule has 1 aliphatic heterocycles. The zero-order valence-electron chi connectivity index (χ0n) is 8.19. The third-order valence-electron chi connectivity index (χ3n) is 2.47. The summed E-state index contributed by atoms with van der Waals surface area (Å²) in [6.45, 7) is 8.90. The normalized spacial score (nSPS) is 18.8. The summed E-state index contributed by atoms with van der Waals surface area (Å²) in [7, 11) is 0. The summed E-state index contributed by atoms with van der Waals surface area (Å²) in [5.74, 6) is 0. The van der Waals surface area contributed by atoms with Crippen LogP contribution in [0.1, 0.15) is 27.7 Å². The number of rotatable bonds is 2. The quantitative estimate of drug-likeness (QED) is 0.593. The smallest absolute Gasteiger partial charge is 0.195 e. The zero-order valence-corrected chi connectivity index (χ0v) is 9.01. The molecule has 0 aliphatic carbocycles. The molecule has 0 saturated heterocycles. The van der Waals surface area contributed by atoms with Gasteiger partial charge in [-0.3, -0.25) is 0 Å². The Bertz CT molecular complexity index is 173. The standard InChI is InChI=1S/C9H17N2.ClH/c1-8(2)11(9(3)4)6-5-10-7-11;/h5-9H,1-4H3;1H/q+1;. The Morgan fingerprint density at radius 3 is 1.75 bits per heavy atom. The highest BCUT2D eigenvalue weighted by molar-refractivity contribution is 5.85. The number of hydrogen-bond acceptors (Lipinski definition) is 1. The SMILES string of the molecule is CC(C)[N+]1(C(C)C)C=CN=C1.Cl. The minimum atomic E-state index is 0. The van der Waals surface area contributed by atoms with Gasteiger partial charge in [-0.2, -0.15) is 0 Å². The minimum absolute atomic E-state index is 0. The second-order valence-electron chi connectivity index (χ2n) is 3.64. The van der Waals surface area contributed by atoms with Crippen LogP contribution in [0.25, 0.3) is 0 Å². The molecule has 0 radical (unpaired) electrons. The van der Waals surface area contributed by atoms with Gasteiger partial charge in [-0.05, 0) is 27.7 Å². The Labute approximate surface area is 81.0 Å². The van der Waals surface area contributed by atoms with E-state index in [0.29, 0.717) is 12.1 Å². The number of quaternary nitrogens is 1. The number of hydrogen-bond donors (Lipinski definition) is 0. The molecule has 1 heterocycles. The van der Waals surface area contributed by atoms with Crippen LogP contribution >= 0.6 is 12.4 Å². The Kier molecular flexibility index (Phi) is 3.94. The third kappa shape index (κ3) is 1.70. The molecule has 12 heavy (non-hydrogen) atoms. The molecule has 70 valence electrons. The fourth-order valence-corrected chi connectivity index (χ4v) is 1.55. The van der Waals surface area contributed by atoms with E-state index in [1.165, 1.54) is 0 Å². The van der Waals surface area contributed by atoms with Crippen molar-refractivity contribution in [3.63, 3.8) is 0 Å². The predicted molar refractivity (Wildman–Crippen MR) is 55.4 cm³/mol. The van der Waals surface area contributed by atoms with Gasteiger partial charge in [0.15, 0.2) is 6.34 Å². The lowest BCUT2D eigenvalue weighted by Crippen LogP contribution is -2.51. The predicted octanol–water partition coefficient (Wildman–Crippen LogP) is 2.55. The average molecular weight is 190 g/mol. The molecule has 0 saturated carbocycles. The molecular weight excluding hydrogens is 172 g/mol. The Hall–Kier alpha value is -0.340. The second-order valence-corrected chi connectivity index (χ2v) is 3.64. The maximum absolute atomic E-state index is 4.15. The molecule has 0 aromatic carbocycles.